The van der Waals surface area contributed by atoms with E-state index in [2.05, 4.69) is 10.6 Å². The minimum Gasteiger partial charge on any atom is -0.508 e. The van der Waals surface area contributed by atoms with Gasteiger partial charge in [-0.1, -0.05) is 23.7 Å². The van der Waals surface area contributed by atoms with E-state index in [-0.39, 0.29) is 29.1 Å². The maximum absolute atomic E-state index is 12.1. The van der Waals surface area contributed by atoms with E-state index in [1.54, 1.807) is 24.3 Å². The smallest absolute Gasteiger partial charge is 0.252 e. The monoisotopic (exact) mass is 318 g/mol. The number of phenolic OH excluding ortho intramolecular Hbond substituents is 1. The average molecular weight is 319 g/mol. The molecule has 0 heterocycles. The zero-order chi connectivity index (χ0) is 16.1. The highest BCUT2D eigenvalue weighted by Gasteiger charge is 2.12. The van der Waals surface area contributed by atoms with Crippen molar-refractivity contribution in [2.75, 3.05) is 7.05 Å². The van der Waals surface area contributed by atoms with Crippen molar-refractivity contribution < 1.29 is 14.7 Å². The number of amides is 2. The summed E-state index contributed by atoms with van der Waals surface area (Å²) < 4.78 is 0. The number of benzene rings is 2. The van der Waals surface area contributed by atoms with E-state index >= 15 is 0 Å². The molecule has 0 bridgehead atoms. The second-order valence-electron chi connectivity index (χ2n) is 4.63. The van der Waals surface area contributed by atoms with Gasteiger partial charge in [-0.3, -0.25) is 9.59 Å². The van der Waals surface area contributed by atoms with Gasteiger partial charge in [-0.2, -0.15) is 0 Å². The van der Waals surface area contributed by atoms with E-state index in [1.807, 2.05) is 0 Å². The number of rotatable bonds is 4. The van der Waals surface area contributed by atoms with Gasteiger partial charge in [0.25, 0.3) is 11.8 Å². The van der Waals surface area contributed by atoms with Crippen LogP contribution in [-0.4, -0.2) is 24.0 Å². The Kier molecular flexibility index (Phi) is 5.01. The Bertz CT molecular complexity index is 716. The third-order valence-electron chi connectivity index (χ3n) is 3.07. The summed E-state index contributed by atoms with van der Waals surface area (Å²) >= 11 is 6.01. The average Bonchev–Trinajstić information content (AvgIpc) is 2.51. The van der Waals surface area contributed by atoms with Crippen LogP contribution in [0.5, 0.6) is 5.75 Å². The molecule has 0 radical (unpaired) electrons. The Morgan fingerprint density at radius 3 is 2.55 bits per heavy atom. The van der Waals surface area contributed by atoms with Gasteiger partial charge in [0.15, 0.2) is 0 Å². The summed E-state index contributed by atoms with van der Waals surface area (Å²) in [4.78, 5) is 23.6. The lowest BCUT2D eigenvalue weighted by Gasteiger charge is -2.08. The van der Waals surface area contributed by atoms with E-state index in [9.17, 15) is 14.7 Å². The highest BCUT2D eigenvalue weighted by molar-refractivity contribution is 6.34. The minimum atomic E-state index is -0.311. The van der Waals surface area contributed by atoms with E-state index < -0.39 is 0 Å². The van der Waals surface area contributed by atoms with Gasteiger partial charge in [-0.05, 0) is 35.9 Å². The number of hydrogen-bond donors (Lipinski definition) is 3. The molecule has 114 valence electrons. The molecule has 0 aliphatic heterocycles. The molecule has 0 atom stereocenters. The molecule has 0 saturated carbocycles. The van der Waals surface area contributed by atoms with Crippen LogP contribution in [0.4, 0.5) is 0 Å². The Morgan fingerprint density at radius 2 is 1.91 bits per heavy atom. The van der Waals surface area contributed by atoms with Crippen molar-refractivity contribution in [3.05, 3.63) is 64.2 Å². The van der Waals surface area contributed by atoms with Crippen LogP contribution >= 0.6 is 11.6 Å². The molecular weight excluding hydrogens is 304 g/mol. The molecule has 5 nitrogen and oxygen atoms in total. The lowest BCUT2D eigenvalue weighted by molar-refractivity contribution is 0.0943. The Balaban J connectivity index is 2.07. The number of hydrogen-bond acceptors (Lipinski definition) is 3. The maximum Gasteiger partial charge on any atom is 0.252 e. The second-order valence-corrected chi connectivity index (χ2v) is 5.03. The van der Waals surface area contributed by atoms with Gasteiger partial charge in [0.05, 0.1) is 10.6 Å². The molecule has 0 aromatic heterocycles. The third kappa shape index (κ3) is 3.77. The van der Waals surface area contributed by atoms with Crippen molar-refractivity contribution in [1.82, 2.24) is 10.6 Å². The highest BCUT2D eigenvalue weighted by Crippen LogP contribution is 2.18. The third-order valence-corrected chi connectivity index (χ3v) is 3.38. The number of nitrogens with one attached hydrogen (secondary N) is 2. The van der Waals surface area contributed by atoms with Crippen molar-refractivity contribution >= 4 is 23.4 Å². The molecule has 0 aliphatic rings. The van der Waals surface area contributed by atoms with Gasteiger partial charge in [0, 0.05) is 19.2 Å². The van der Waals surface area contributed by atoms with Gasteiger partial charge in [-0.15, -0.1) is 0 Å². The van der Waals surface area contributed by atoms with Crippen molar-refractivity contribution in [3.8, 4) is 5.75 Å². The second kappa shape index (κ2) is 6.95. The number of halogens is 1. The van der Waals surface area contributed by atoms with Crippen molar-refractivity contribution in [2.45, 2.75) is 6.54 Å². The number of aromatic hydroxyl groups is 1. The summed E-state index contributed by atoms with van der Waals surface area (Å²) in [6.45, 7) is 0.280. The highest BCUT2D eigenvalue weighted by atomic mass is 35.5. The Morgan fingerprint density at radius 1 is 1.14 bits per heavy atom. The van der Waals surface area contributed by atoms with Crippen LogP contribution in [0.25, 0.3) is 0 Å². The first-order valence-corrected chi connectivity index (χ1v) is 6.97. The standard InChI is InChI=1S/C16H15ClN2O3/c1-18-16(22)13-6-5-11(8-14(13)17)15(21)19-9-10-3-2-4-12(20)7-10/h2-8,20H,9H2,1H3,(H,18,22)(H,19,21). The molecule has 0 unspecified atom stereocenters. The fourth-order valence-corrected chi connectivity index (χ4v) is 2.19. The first-order chi connectivity index (χ1) is 10.5. The summed E-state index contributed by atoms with van der Waals surface area (Å²) in [5, 5.41) is 14.8. The predicted octanol–water partition coefficient (Wildman–Crippen LogP) is 2.34. The molecule has 0 spiro atoms. The molecule has 0 saturated heterocycles. The van der Waals surface area contributed by atoms with Gasteiger partial charge in [-0.25, -0.2) is 0 Å². The van der Waals surface area contributed by atoms with Crippen LogP contribution in [0.2, 0.25) is 5.02 Å². The molecule has 2 aromatic rings. The number of carbonyl (C=O) groups is 2. The van der Waals surface area contributed by atoms with Crippen LogP contribution in [0.1, 0.15) is 26.3 Å². The first-order valence-electron chi connectivity index (χ1n) is 6.59. The molecule has 2 aromatic carbocycles. The number of carbonyl (C=O) groups excluding carboxylic acids is 2. The fourth-order valence-electron chi connectivity index (χ4n) is 1.93. The first kappa shape index (κ1) is 15.9. The molecule has 0 aliphatic carbocycles. The van der Waals surface area contributed by atoms with E-state index in [1.165, 1.54) is 25.2 Å². The summed E-state index contributed by atoms with van der Waals surface area (Å²) in [5.41, 5.74) is 1.45. The lowest BCUT2D eigenvalue weighted by atomic mass is 10.1. The van der Waals surface area contributed by atoms with Crippen LogP contribution in [0, 0.1) is 0 Å². The molecule has 3 N–H and O–H groups in total. The molecule has 2 rings (SSSR count). The molecule has 2 amide bonds. The van der Waals surface area contributed by atoms with Crippen molar-refractivity contribution in [2.24, 2.45) is 0 Å². The SMILES string of the molecule is CNC(=O)c1ccc(C(=O)NCc2cccc(O)c2)cc1Cl. The summed E-state index contributed by atoms with van der Waals surface area (Å²) in [7, 11) is 1.51. The van der Waals surface area contributed by atoms with Gasteiger partial charge in [0.1, 0.15) is 5.75 Å². The largest absolute Gasteiger partial charge is 0.508 e. The van der Waals surface area contributed by atoms with Crippen LogP contribution in [0.3, 0.4) is 0 Å². The van der Waals surface area contributed by atoms with E-state index in [0.29, 0.717) is 11.1 Å². The topological polar surface area (TPSA) is 78.4 Å². The van der Waals surface area contributed by atoms with Crippen LogP contribution < -0.4 is 10.6 Å². The van der Waals surface area contributed by atoms with Gasteiger partial charge in [0.2, 0.25) is 0 Å². The van der Waals surface area contributed by atoms with Crippen molar-refractivity contribution in [1.29, 1.82) is 0 Å². The fraction of sp³-hybridized carbons (Fsp3) is 0.125. The molecule has 0 fully saturated rings. The summed E-state index contributed by atoms with van der Waals surface area (Å²) in [6, 6.07) is 11.1. The van der Waals surface area contributed by atoms with Crippen LogP contribution in [-0.2, 0) is 6.54 Å². The summed E-state index contributed by atoms with van der Waals surface area (Å²) in [6.07, 6.45) is 0. The minimum absolute atomic E-state index is 0.143. The molecule has 22 heavy (non-hydrogen) atoms. The van der Waals surface area contributed by atoms with Gasteiger partial charge >= 0.3 is 0 Å². The van der Waals surface area contributed by atoms with E-state index in [4.69, 9.17) is 11.6 Å². The summed E-state index contributed by atoms with van der Waals surface area (Å²) in [5.74, 6) is -0.477. The van der Waals surface area contributed by atoms with Crippen molar-refractivity contribution in [3.63, 3.8) is 0 Å². The van der Waals surface area contributed by atoms with Gasteiger partial charge < -0.3 is 15.7 Å². The Labute approximate surface area is 132 Å². The number of phenols is 1. The van der Waals surface area contributed by atoms with E-state index in [0.717, 1.165) is 5.56 Å². The van der Waals surface area contributed by atoms with Crippen LogP contribution in [0.15, 0.2) is 42.5 Å². The molecule has 6 heteroatoms. The predicted molar refractivity (Wildman–Crippen MR) is 84.1 cm³/mol. The Hall–Kier alpha value is -2.53. The normalized spacial score (nSPS) is 10.1. The molecular formula is C16H15ClN2O3. The lowest BCUT2D eigenvalue weighted by Crippen LogP contribution is -2.23. The zero-order valence-electron chi connectivity index (χ0n) is 11.9. The maximum atomic E-state index is 12.1. The zero-order valence-corrected chi connectivity index (χ0v) is 12.6. The quantitative estimate of drug-likeness (QED) is 0.809.